The Bertz CT molecular complexity index is 520. The highest BCUT2D eigenvalue weighted by Gasteiger charge is 2.38. The normalized spacial score (nSPS) is 13.6. The summed E-state index contributed by atoms with van der Waals surface area (Å²) < 4.78 is 26.4. The van der Waals surface area contributed by atoms with Gasteiger partial charge < -0.3 is 0 Å². The van der Waals surface area contributed by atoms with Crippen molar-refractivity contribution in [3.63, 3.8) is 0 Å². The van der Waals surface area contributed by atoms with E-state index in [-0.39, 0.29) is 0 Å². The number of hydrogen-bond acceptors (Lipinski definition) is 2. The van der Waals surface area contributed by atoms with Gasteiger partial charge in [0.05, 0.1) is 4.90 Å². The predicted octanol–water partition coefficient (Wildman–Crippen LogP) is 4.41. The fourth-order valence-corrected chi connectivity index (χ4v) is 10.9. The third-order valence-electron chi connectivity index (χ3n) is 4.16. The molecule has 0 atom stereocenters. The van der Waals surface area contributed by atoms with Crippen LogP contribution >= 0.6 is 0 Å². The van der Waals surface area contributed by atoms with E-state index in [0.717, 1.165) is 18.1 Å². The van der Waals surface area contributed by atoms with E-state index in [4.69, 9.17) is 0 Å². The average molecular weight is 297 g/mol. The van der Waals surface area contributed by atoms with Crippen LogP contribution in [0.15, 0.2) is 45.8 Å². The second kappa shape index (κ2) is 6.53. The zero-order valence-electron chi connectivity index (χ0n) is 12.3. The second-order valence-electron chi connectivity index (χ2n) is 4.81. The van der Waals surface area contributed by atoms with Gasteiger partial charge in [-0.2, -0.15) is 0 Å². The van der Waals surface area contributed by atoms with E-state index in [2.05, 4.69) is 20.8 Å². The fraction of sp³-hybridized carbons (Fsp3) is 0.467. The minimum atomic E-state index is -3.32. The van der Waals surface area contributed by atoms with Crippen LogP contribution < -0.4 is 0 Å². The first kappa shape index (κ1) is 16.2. The molecule has 19 heavy (non-hydrogen) atoms. The van der Waals surface area contributed by atoms with Gasteiger partial charge in [0.25, 0.3) is 0 Å². The lowest BCUT2D eigenvalue weighted by molar-refractivity contribution is 0.603. The van der Waals surface area contributed by atoms with E-state index >= 15 is 0 Å². The maximum absolute atomic E-state index is 12.9. The Morgan fingerprint density at radius 1 is 1.05 bits per heavy atom. The molecule has 1 aromatic rings. The van der Waals surface area contributed by atoms with Crippen LogP contribution in [0.1, 0.15) is 27.7 Å². The van der Waals surface area contributed by atoms with Gasteiger partial charge in [-0.25, -0.2) is 8.42 Å². The van der Waals surface area contributed by atoms with Crippen molar-refractivity contribution in [3.05, 3.63) is 40.9 Å². The summed E-state index contributed by atoms with van der Waals surface area (Å²) in [6, 6.07) is 11.7. The lowest BCUT2D eigenvalue weighted by Crippen LogP contribution is -2.38. The van der Waals surface area contributed by atoms with E-state index in [1.807, 2.05) is 19.1 Å². The summed E-state index contributed by atoms with van der Waals surface area (Å²) in [6.07, 6.45) is 1.84. The molecule has 4 heteroatoms. The summed E-state index contributed by atoms with van der Waals surface area (Å²) in [6.45, 7) is 8.24. The van der Waals surface area contributed by atoms with Crippen LogP contribution in [-0.4, -0.2) is 16.5 Å². The monoisotopic (exact) mass is 296 g/mol. The molecule has 0 aliphatic carbocycles. The van der Waals surface area contributed by atoms with Crippen LogP contribution in [0.25, 0.3) is 0 Å². The van der Waals surface area contributed by atoms with Gasteiger partial charge >= 0.3 is 0 Å². The van der Waals surface area contributed by atoms with E-state index in [1.165, 1.54) is 0 Å². The summed E-state index contributed by atoms with van der Waals surface area (Å²) in [5.41, 5.74) is 0. The van der Waals surface area contributed by atoms with Gasteiger partial charge in [0, 0.05) is 4.53 Å². The molecule has 1 aromatic carbocycles. The molecule has 0 radical (unpaired) electrons. The van der Waals surface area contributed by atoms with Gasteiger partial charge in [-0.1, -0.05) is 63.2 Å². The van der Waals surface area contributed by atoms with E-state index in [1.54, 1.807) is 24.3 Å². The Kier molecular flexibility index (Phi) is 5.56. The van der Waals surface area contributed by atoms with Gasteiger partial charge in [-0.3, -0.25) is 0 Å². The highest BCUT2D eigenvalue weighted by Crippen LogP contribution is 2.35. The van der Waals surface area contributed by atoms with Crippen molar-refractivity contribution in [3.8, 4) is 0 Å². The Labute approximate surface area is 118 Å². The van der Waals surface area contributed by atoms with Crippen molar-refractivity contribution in [2.24, 2.45) is 0 Å². The van der Waals surface area contributed by atoms with Gasteiger partial charge in [0.2, 0.25) is 0 Å². The summed E-state index contributed by atoms with van der Waals surface area (Å²) in [5, 5.41) is 0. The van der Waals surface area contributed by atoms with Crippen molar-refractivity contribution in [1.82, 2.24) is 0 Å². The first-order valence-electron chi connectivity index (χ1n) is 6.95. The van der Waals surface area contributed by atoms with E-state index in [0.29, 0.717) is 9.42 Å². The molecular weight excluding hydrogens is 272 g/mol. The second-order valence-corrected chi connectivity index (χ2v) is 12.3. The van der Waals surface area contributed by atoms with Crippen LogP contribution in [-0.2, 0) is 9.84 Å². The van der Waals surface area contributed by atoms with Crippen LogP contribution in [0.5, 0.6) is 0 Å². The zero-order chi connectivity index (χ0) is 14.5. The highest BCUT2D eigenvalue weighted by atomic mass is 32.2. The van der Waals surface area contributed by atoms with Crippen LogP contribution in [0.4, 0.5) is 0 Å². The predicted molar refractivity (Wildman–Crippen MR) is 84.6 cm³/mol. The highest BCUT2D eigenvalue weighted by molar-refractivity contribution is 7.97. The molecule has 0 aliphatic rings. The molecule has 1 rings (SSSR count). The zero-order valence-corrected chi connectivity index (χ0v) is 14.1. The molecule has 0 unspecified atom stereocenters. The maximum atomic E-state index is 12.9. The van der Waals surface area contributed by atoms with Gasteiger partial charge in [-0.15, -0.1) is 0 Å². The SMILES string of the molecule is C/C=C(/[Si](CC)(CC)CC)S(=O)(=O)c1ccccc1. The quantitative estimate of drug-likeness (QED) is 0.729. The lowest BCUT2D eigenvalue weighted by Gasteiger charge is -2.30. The van der Waals surface area contributed by atoms with Crippen molar-refractivity contribution in [2.45, 2.75) is 50.7 Å². The molecule has 0 saturated carbocycles. The molecule has 0 N–H and O–H groups in total. The van der Waals surface area contributed by atoms with Gasteiger partial charge in [0.1, 0.15) is 8.07 Å². The number of allylic oxidation sites excluding steroid dienone is 1. The molecular formula is C15H24O2SSi. The summed E-state index contributed by atoms with van der Waals surface area (Å²) in [5.74, 6) is 0. The Morgan fingerprint density at radius 3 is 1.89 bits per heavy atom. The smallest absolute Gasteiger partial charge is 0.198 e. The standard InChI is InChI=1S/C15H24O2SSi/c1-5-15(19(6-2,7-3)8-4)18(16,17)14-12-10-9-11-13-14/h5,9-13H,6-8H2,1-4H3/b15-5+. The molecule has 0 aromatic heterocycles. The average Bonchev–Trinajstić information content (AvgIpc) is 2.45. The van der Waals surface area contributed by atoms with Crippen LogP contribution in [0, 0.1) is 0 Å². The Hall–Kier alpha value is -0.873. The number of rotatable bonds is 6. The molecule has 2 nitrogen and oxygen atoms in total. The number of benzene rings is 1. The summed E-state index contributed by atoms with van der Waals surface area (Å²) in [7, 11) is -5.21. The minimum absolute atomic E-state index is 0.426. The van der Waals surface area contributed by atoms with E-state index < -0.39 is 17.9 Å². The van der Waals surface area contributed by atoms with Crippen molar-refractivity contribution in [2.75, 3.05) is 0 Å². The lowest BCUT2D eigenvalue weighted by atomic mass is 10.4. The number of sulfone groups is 1. The van der Waals surface area contributed by atoms with Gasteiger partial charge in [0.15, 0.2) is 9.84 Å². The van der Waals surface area contributed by atoms with E-state index in [9.17, 15) is 8.42 Å². The van der Waals surface area contributed by atoms with Crippen molar-refractivity contribution >= 4 is 17.9 Å². The molecule has 106 valence electrons. The first-order chi connectivity index (χ1) is 8.98. The fourth-order valence-electron chi connectivity index (χ4n) is 2.75. The molecule has 0 fully saturated rings. The van der Waals surface area contributed by atoms with Crippen molar-refractivity contribution in [1.29, 1.82) is 0 Å². The summed E-state index contributed by atoms with van der Waals surface area (Å²) >= 11 is 0. The van der Waals surface area contributed by atoms with Gasteiger partial charge in [-0.05, 0) is 19.1 Å². The topological polar surface area (TPSA) is 34.1 Å². The first-order valence-corrected chi connectivity index (χ1v) is 11.1. The van der Waals surface area contributed by atoms with Crippen LogP contribution in [0.2, 0.25) is 18.1 Å². The molecule has 0 bridgehead atoms. The third kappa shape index (κ3) is 3.00. The molecule has 0 amide bonds. The maximum Gasteiger partial charge on any atom is 0.198 e. The van der Waals surface area contributed by atoms with Crippen LogP contribution in [0.3, 0.4) is 0 Å². The number of hydrogen-bond donors (Lipinski definition) is 0. The summed E-state index contributed by atoms with van der Waals surface area (Å²) in [4.78, 5) is 0.426. The molecule has 0 saturated heterocycles. The molecule has 0 heterocycles. The Morgan fingerprint density at radius 2 is 1.53 bits per heavy atom. The molecule has 0 aliphatic heterocycles. The largest absolute Gasteiger partial charge is 0.219 e. The molecule has 0 spiro atoms. The third-order valence-corrected chi connectivity index (χ3v) is 13.4. The minimum Gasteiger partial charge on any atom is -0.219 e. The van der Waals surface area contributed by atoms with Crippen molar-refractivity contribution < 1.29 is 8.42 Å². The Balaban J connectivity index is 3.40.